The first-order valence-corrected chi connectivity index (χ1v) is 10.2. The molecule has 0 bridgehead atoms. The number of anilines is 2. The average molecular weight is 408 g/mol. The Morgan fingerprint density at radius 2 is 1.93 bits per heavy atom. The summed E-state index contributed by atoms with van der Waals surface area (Å²) in [6.07, 6.45) is 8.67. The Hall–Kier alpha value is -3.29. The van der Waals surface area contributed by atoms with Crippen LogP contribution in [0, 0.1) is 5.82 Å². The lowest BCUT2D eigenvalue weighted by Gasteiger charge is -2.33. The zero-order chi connectivity index (χ0) is 21.1. The van der Waals surface area contributed by atoms with Crippen LogP contribution in [0.15, 0.2) is 42.9 Å². The van der Waals surface area contributed by atoms with Crippen molar-refractivity contribution >= 4 is 17.4 Å². The number of aromatic nitrogens is 4. The highest BCUT2D eigenvalue weighted by Crippen LogP contribution is 2.29. The third kappa shape index (κ3) is 4.32. The molecule has 1 aromatic carbocycles. The van der Waals surface area contributed by atoms with Crippen LogP contribution in [-0.2, 0) is 24.2 Å². The second kappa shape index (κ2) is 8.61. The average Bonchev–Trinajstić information content (AvgIpc) is 3.19. The maximum Gasteiger partial charge on any atom is 0.247 e. The van der Waals surface area contributed by atoms with Gasteiger partial charge in [0.05, 0.1) is 18.9 Å². The summed E-state index contributed by atoms with van der Waals surface area (Å²) >= 11 is 0. The molecule has 7 nitrogen and oxygen atoms in total. The zero-order valence-electron chi connectivity index (χ0n) is 17.2. The molecule has 1 N–H and O–H groups in total. The van der Waals surface area contributed by atoms with Gasteiger partial charge in [0.1, 0.15) is 23.4 Å². The Morgan fingerprint density at radius 3 is 2.70 bits per heavy atom. The maximum absolute atomic E-state index is 13.0. The van der Waals surface area contributed by atoms with E-state index in [0.29, 0.717) is 18.7 Å². The van der Waals surface area contributed by atoms with Crippen LogP contribution in [0.4, 0.5) is 15.9 Å². The van der Waals surface area contributed by atoms with Crippen LogP contribution in [0.3, 0.4) is 0 Å². The summed E-state index contributed by atoms with van der Waals surface area (Å²) in [6, 6.07) is 6.24. The molecule has 8 heteroatoms. The lowest BCUT2D eigenvalue weighted by Crippen LogP contribution is -2.46. The molecular formula is C22H25FN6O. The molecule has 2 aromatic heterocycles. The van der Waals surface area contributed by atoms with Crippen LogP contribution in [0.25, 0.3) is 0 Å². The van der Waals surface area contributed by atoms with Gasteiger partial charge >= 0.3 is 0 Å². The van der Waals surface area contributed by atoms with Crippen LogP contribution in [0.5, 0.6) is 0 Å². The van der Waals surface area contributed by atoms with Gasteiger partial charge in [-0.15, -0.1) is 0 Å². The molecule has 0 aliphatic carbocycles. The summed E-state index contributed by atoms with van der Waals surface area (Å²) in [5.41, 5.74) is 2.74. The topological polar surface area (TPSA) is 75.9 Å². The fourth-order valence-corrected chi connectivity index (χ4v) is 3.68. The quantitative estimate of drug-likeness (QED) is 0.650. The highest BCUT2D eigenvalue weighted by Gasteiger charge is 2.31. The standard InChI is InChI=1S/C22H25FN6O/c1-3-4-19-22(30)26-18-12-24-20(27-21(18)28(19)2)10-7-16-11-25-29(14-16)13-15-5-8-17(23)9-6-15/h5-6,8-9,11-12,14,19H,3-4,7,10,13H2,1-2H3,(H,26,30). The van der Waals surface area contributed by atoms with E-state index in [2.05, 4.69) is 22.3 Å². The molecule has 1 amide bonds. The number of carbonyl (C=O) groups excluding carboxylic acids is 1. The minimum absolute atomic E-state index is 0.00299. The number of amides is 1. The van der Waals surface area contributed by atoms with Gasteiger partial charge in [-0.1, -0.05) is 25.5 Å². The summed E-state index contributed by atoms with van der Waals surface area (Å²) in [5.74, 6) is 1.26. The Kier molecular flexibility index (Phi) is 5.74. The van der Waals surface area contributed by atoms with E-state index in [4.69, 9.17) is 4.98 Å². The third-order valence-electron chi connectivity index (χ3n) is 5.32. The van der Waals surface area contributed by atoms with E-state index in [0.717, 1.165) is 42.0 Å². The monoisotopic (exact) mass is 408 g/mol. The van der Waals surface area contributed by atoms with Crippen molar-refractivity contribution in [2.24, 2.45) is 0 Å². The highest BCUT2D eigenvalue weighted by atomic mass is 19.1. The van der Waals surface area contributed by atoms with Crippen LogP contribution >= 0.6 is 0 Å². The lowest BCUT2D eigenvalue weighted by atomic mass is 10.1. The molecule has 3 aromatic rings. The van der Waals surface area contributed by atoms with Gasteiger partial charge in [0.2, 0.25) is 5.91 Å². The van der Waals surface area contributed by atoms with Crippen LogP contribution in [-0.4, -0.2) is 38.7 Å². The molecule has 1 aliphatic heterocycles. The number of nitrogens with one attached hydrogen (secondary N) is 1. The Bertz CT molecular complexity index is 1030. The molecular weight excluding hydrogens is 383 g/mol. The fraction of sp³-hybridized carbons (Fsp3) is 0.364. The molecule has 0 spiro atoms. The molecule has 0 saturated carbocycles. The fourth-order valence-electron chi connectivity index (χ4n) is 3.68. The third-order valence-corrected chi connectivity index (χ3v) is 5.32. The van der Waals surface area contributed by atoms with Gasteiger partial charge in [-0.05, 0) is 36.1 Å². The first kappa shape index (κ1) is 20.0. The Morgan fingerprint density at radius 1 is 1.13 bits per heavy atom. The van der Waals surface area contributed by atoms with Crippen molar-refractivity contribution in [1.82, 2.24) is 19.7 Å². The van der Waals surface area contributed by atoms with E-state index in [1.54, 1.807) is 18.3 Å². The molecule has 3 heterocycles. The Labute approximate surface area is 175 Å². The number of halogens is 1. The SMILES string of the molecule is CCCC1C(=O)Nc2cnc(CCc3cnn(Cc4ccc(F)cc4)c3)nc2N1C. The Balaban J connectivity index is 1.41. The van der Waals surface area contributed by atoms with Gasteiger partial charge < -0.3 is 10.2 Å². The zero-order valence-corrected chi connectivity index (χ0v) is 17.2. The van der Waals surface area contributed by atoms with Gasteiger partial charge in [-0.2, -0.15) is 5.10 Å². The molecule has 1 unspecified atom stereocenters. The first-order chi connectivity index (χ1) is 14.5. The predicted octanol–water partition coefficient (Wildman–Crippen LogP) is 3.20. The number of carbonyl (C=O) groups is 1. The molecule has 1 atom stereocenters. The smallest absolute Gasteiger partial charge is 0.247 e. The molecule has 0 saturated heterocycles. The summed E-state index contributed by atoms with van der Waals surface area (Å²) < 4.78 is 14.9. The van der Waals surface area contributed by atoms with Crippen molar-refractivity contribution in [2.45, 2.75) is 45.2 Å². The normalized spacial score (nSPS) is 15.8. The van der Waals surface area contributed by atoms with E-state index < -0.39 is 0 Å². The number of likely N-dealkylation sites (N-methyl/N-ethyl adjacent to an activating group) is 1. The van der Waals surface area contributed by atoms with Gasteiger partial charge in [-0.25, -0.2) is 14.4 Å². The van der Waals surface area contributed by atoms with Crippen molar-refractivity contribution in [3.63, 3.8) is 0 Å². The number of nitrogens with zero attached hydrogens (tertiary/aromatic N) is 5. The molecule has 156 valence electrons. The summed E-state index contributed by atoms with van der Waals surface area (Å²) in [7, 11) is 1.91. The van der Waals surface area contributed by atoms with Crippen molar-refractivity contribution in [2.75, 3.05) is 17.3 Å². The van der Waals surface area contributed by atoms with E-state index in [1.165, 1.54) is 12.1 Å². The number of rotatable bonds is 7. The number of fused-ring (bicyclic) bond motifs is 1. The number of aryl methyl sites for hydroxylation is 2. The number of hydrogen-bond donors (Lipinski definition) is 1. The molecule has 1 aliphatic rings. The van der Waals surface area contributed by atoms with E-state index in [-0.39, 0.29) is 17.8 Å². The molecule has 0 radical (unpaired) electrons. The van der Waals surface area contributed by atoms with Crippen LogP contribution in [0.1, 0.15) is 36.7 Å². The molecule has 0 fully saturated rings. The largest absolute Gasteiger partial charge is 0.346 e. The van der Waals surface area contributed by atoms with Gasteiger partial charge in [0.15, 0.2) is 5.82 Å². The lowest BCUT2D eigenvalue weighted by molar-refractivity contribution is -0.117. The van der Waals surface area contributed by atoms with Gasteiger partial charge in [-0.3, -0.25) is 9.48 Å². The van der Waals surface area contributed by atoms with Crippen LogP contribution in [0.2, 0.25) is 0 Å². The molecule has 4 rings (SSSR count). The number of benzene rings is 1. The first-order valence-electron chi connectivity index (χ1n) is 10.2. The van der Waals surface area contributed by atoms with Gasteiger partial charge in [0, 0.05) is 19.7 Å². The maximum atomic E-state index is 13.0. The minimum atomic E-state index is -0.240. The number of hydrogen-bond acceptors (Lipinski definition) is 5. The van der Waals surface area contributed by atoms with E-state index >= 15 is 0 Å². The van der Waals surface area contributed by atoms with Crippen molar-refractivity contribution in [3.05, 3.63) is 65.6 Å². The predicted molar refractivity (Wildman–Crippen MR) is 113 cm³/mol. The van der Waals surface area contributed by atoms with Gasteiger partial charge in [0.25, 0.3) is 0 Å². The van der Waals surface area contributed by atoms with Crippen molar-refractivity contribution in [1.29, 1.82) is 0 Å². The van der Waals surface area contributed by atoms with Crippen LogP contribution < -0.4 is 10.2 Å². The van der Waals surface area contributed by atoms with Crippen molar-refractivity contribution in [3.8, 4) is 0 Å². The summed E-state index contributed by atoms with van der Waals surface area (Å²) in [6.45, 7) is 2.66. The molecule has 30 heavy (non-hydrogen) atoms. The van der Waals surface area contributed by atoms with Crippen molar-refractivity contribution < 1.29 is 9.18 Å². The summed E-state index contributed by atoms with van der Waals surface area (Å²) in [4.78, 5) is 23.3. The minimum Gasteiger partial charge on any atom is -0.346 e. The second-order valence-electron chi connectivity index (χ2n) is 7.60. The van der Waals surface area contributed by atoms with E-state index in [1.807, 2.05) is 29.0 Å². The summed E-state index contributed by atoms with van der Waals surface area (Å²) in [5, 5.41) is 7.31. The second-order valence-corrected chi connectivity index (χ2v) is 7.60. The highest BCUT2D eigenvalue weighted by molar-refractivity contribution is 6.02. The van der Waals surface area contributed by atoms with E-state index in [9.17, 15) is 9.18 Å².